The molecule has 0 aliphatic rings. The molecule has 1 aromatic heterocycles. The zero-order valence-corrected chi connectivity index (χ0v) is 10.3. The van der Waals surface area contributed by atoms with E-state index < -0.39 is 0 Å². The van der Waals surface area contributed by atoms with Gasteiger partial charge in [-0.05, 0) is 13.6 Å². The van der Waals surface area contributed by atoms with Crippen molar-refractivity contribution in [1.82, 2.24) is 15.1 Å². The lowest BCUT2D eigenvalue weighted by Gasteiger charge is -2.14. The molecule has 0 fully saturated rings. The van der Waals surface area contributed by atoms with Crippen LogP contribution >= 0.6 is 23.2 Å². The Kier molecular flexibility index (Phi) is 5.08. The highest BCUT2D eigenvalue weighted by Gasteiger charge is 2.03. The van der Waals surface area contributed by atoms with E-state index in [1.807, 2.05) is 0 Å². The summed E-state index contributed by atoms with van der Waals surface area (Å²) in [6, 6.07) is 1.67. The smallest absolute Gasteiger partial charge is 0.174 e. The van der Waals surface area contributed by atoms with Gasteiger partial charge in [-0.25, -0.2) is 0 Å². The molecule has 0 saturated carbocycles. The van der Waals surface area contributed by atoms with Gasteiger partial charge in [0.25, 0.3) is 0 Å². The van der Waals surface area contributed by atoms with E-state index in [-0.39, 0.29) is 0 Å². The molecule has 0 aliphatic heterocycles. The number of nitrogens with zero attached hydrogens (tertiary/aromatic N) is 3. The zero-order chi connectivity index (χ0) is 11.3. The van der Waals surface area contributed by atoms with Crippen molar-refractivity contribution in [3.05, 3.63) is 16.4 Å². The van der Waals surface area contributed by atoms with Gasteiger partial charge in [-0.15, -0.1) is 10.2 Å². The van der Waals surface area contributed by atoms with Crippen LogP contribution in [0, 0.1) is 0 Å². The predicted octanol–water partition coefficient (Wildman–Crippen LogP) is 2.15. The van der Waals surface area contributed by atoms with Gasteiger partial charge in [-0.3, -0.25) is 0 Å². The number of rotatable bonds is 5. The van der Waals surface area contributed by atoms with Crippen LogP contribution in [0.15, 0.2) is 6.07 Å². The van der Waals surface area contributed by atoms with Crippen LogP contribution in [0.1, 0.15) is 6.92 Å². The third-order valence-corrected chi connectivity index (χ3v) is 2.53. The van der Waals surface area contributed by atoms with Gasteiger partial charge < -0.3 is 10.2 Å². The first-order valence-electron chi connectivity index (χ1n) is 4.74. The first-order chi connectivity index (χ1) is 7.13. The molecule has 0 spiro atoms. The second-order valence-corrected chi connectivity index (χ2v) is 3.94. The van der Waals surface area contributed by atoms with Crippen LogP contribution in [0.5, 0.6) is 0 Å². The Bertz CT molecular complexity index is 319. The summed E-state index contributed by atoms with van der Waals surface area (Å²) in [4.78, 5) is 2.19. The molecule has 0 amide bonds. The molecule has 1 rings (SSSR count). The van der Waals surface area contributed by atoms with E-state index in [2.05, 4.69) is 34.4 Å². The molecule has 6 heteroatoms. The molecule has 0 aromatic carbocycles. The summed E-state index contributed by atoms with van der Waals surface area (Å²) in [5.74, 6) is 0. The number of hydrogen-bond donors (Lipinski definition) is 1. The Hall–Kier alpha value is -0.580. The fourth-order valence-electron chi connectivity index (χ4n) is 1.02. The van der Waals surface area contributed by atoms with Crippen LogP contribution in [-0.4, -0.2) is 41.8 Å². The van der Waals surface area contributed by atoms with E-state index in [9.17, 15) is 0 Å². The number of aromatic nitrogens is 2. The summed E-state index contributed by atoms with van der Waals surface area (Å²) < 4.78 is 0. The number of hydrogen-bond acceptors (Lipinski definition) is 4. The topological polar surface area (TPSA) is 41.0 Å². The van der Waals surface area contributed by atoms with Crippen molar-refractivity contribution < 1.29 is 0 Å². The molecule has 0 unspecified atom stereocenters. The number of nitrogens with one attached hydrogen (secondary N) is 1. The molecule has 1 N–H and O–H groups in total. The lowest BCUT2D eigenvalue weighted by Crippen LogP contribution is -2.24. The molecule has 1 aromatic rings. The molecular formula is C9H14Cl2N4. The van der Waals surface area contributed by atoms with Crippen LogP contribution in [0.3, 0.4) is 0 Å². The van der Waals surface area contributed by atoms with Gasteiger partial charge in [0.05, 0.1) is 5.69 Å². The summed E-state index contributed by atoms with van der Waals surface area (Å²) in [6.45, 7) is 4.86. The first kappa shape index (κ1) is 12.5. The van der Waals surface area contributed by atoms with Gasteiger partial charge in [-0.2, -0.15) is 0 Å². The van der Waals surface area contributed by atoms with Crippen LogP contribution < -0.4 is 5.32 Å². The van der Waals surface area contributed by atoms with Gasteiger partial charge in [0, 0.05) is 19.2 Å². The monoisotopic (exact) mass is 248 g/mol. The van der Waals surface area contributed by atoms with Crippen LogP contribution in [0.4, 0.5) is 5.69 Å². The van der Waals surface area contributed by atoms with E-state index in [1.165, 1.54) is 0 Å². The van der Waals surface area contributed by atoms with E-state index >= 15 is 0 Å². The van der Waals surface area contributed by atoms with Crippen molar-refractivity contribution in [2.45, 2.75) is 6.92 Å². The van der Waals surface area contributed by atoms with E-state index in [0.717, 1.165) is 25.3 Å². The molecule has 0 atom stereocenters. The fraction of sp³-hybridized carbons (Fsp3) is 0.556. The molecule has 15 heavy (non-hydrogen) atoms. The van der Waals surface area contributed by atoms with Crippen molar-refractivity contribution in [1.29, 1.82) is 0 Å². The highest BCUT2D eigenvalue weighted by atomic mass is 35.5. The maximum Gasteiger partial charge on any atom is 0.174 e. The maximum atomic E-state index is 5.84. The number of likely N-dealkylation sites (N-methyl/N-ethyl adjacent to an activating group) is 1. The molecule has 1 heterocycles. The van der Waals surface area contributed by atoms with E-state index in [1.54, 1.807) is 6.07 Å². The Morgan fingerprint density at radius 1 is 1.40 bits per heavy atom. The second-order valence-electron chi connectivity index (χ2n) is 3.19. The zero-order valence-electron chi connectivity index (χ0n) is 8.80. The largest absolute Gasteiger partial charge is 0.381 e. The molecule has 84 valence electrons. The predicted molar refractivity (Wildman–Crippen MR) is 63.7 cm³/mol. The highest BCUT2D eigenvalue weighted by Crippen LogP contribution is 2.20. The molecule has 0 radical (unpaired) electrons. The quantitative estimate of drug-likeness (QED) is 0.868. The second kappa shape index (κ2) is 6.10. The summed E-state index contributed by atoms with van der Waals surface area (Å²) >= 11 is 11.5. The van der Waals surface area contributed by atoms with Gasteiger partial charge >= 0.3 is 0 Å². The van der Waals surface area contributed by atoms with Crippen molar-refractivity contribution in [3.63, 3.8) is 0 Å². The number of anilines is 1. The Morgan fingerprint density at radius 2 is 2.13 bits per heavy atom. The molecule has 4 nitrogen and oxygen atoms in total. The first-order valence-corrected chi connectivity index (χ1v) is 5.50. The van der Waals surface area contributed by atoms with Gasteiger partial charge in [0.15, 0.2) is 10.3 Å². The van der Waals surface area contributed by atoms with E-state index in [4.69, 9.17) is 23.2 Å². The highest BCUT2D eigenvalue weighted by molar-refractivity contribution is 6.33. The van der Waals surface area contributed by atoms with Gasteiger partial charge in [0.2, 0.25) is 0 Å². The Labute approximate surface area is 99.6 Å². The standard InChI is InChI=1S/C9H14Cl2N4/c1-3-15(2)5-4-12-7-6-8(10)13-14-9(7)11/h6H,3-5H2,1-2H3,(H,12,13). The fourth-order valence-corrected chi connectivity index (χ4v) is 1.32. The minimum absolute atomic E-state index is 0.339. The Balaban J connectivity index is 2.46. The lowest BCUT2D eigenvalue weighted by molar-refractivity contribution is 0.367. The molecule has 0 bridgehead atoms. The SMILES string of the molecule is CCN(C)CCNc1cc(Cl)nnc1Cl. The van der Waals surface area contributed by atoms with Crippen molar-refractivity contribution in [3.8, 4) is 0 Å². The van der Waals surface area contributed by atoms with Crippen molar-refractivity contribution >= 4 is 28.9 Å². The molecule has 0 saturated heterocycles. The van der Waals surface area contributed by atoms with Crippen LogP contribution in [0.25, 0.3) is 0 Å². The van der Waals surface area contributed by atoms with Gasteiger partial charge in [-0.1, -0.05) is 30.1 Å². The summed E-state index contributed by atoms with van der Waals surface area (Å²) in [5, 5.41) is 11.2. The van der Waals surface area contributed by atoms with Gasteiger partial charge in [0.1, 0.15) is 0 Å². The van der Waals surface area contributed by atoms with Crippen molar-refractivity contribution in [2.75, 3.05) is 32.0 Å². The van der Waals surface area contributed by atoms with Crippen LogP contribution in [0.2, 0.25) is 10.3 Å². The Morgan fingerprint density at radius 3 is 2.80 bits per heavy atom. The molecule has 0 aliphatic carbocycles. The van der Waals surface area contributed by atoms with Crippen LogP contribution in [-0.2, 0) is 0 Å². The summed E-state index contributed by atoms with van der Waals surface area (Å²) in [6.07, 6.45) is 0. The average molecular weight is 249 g/mol. The third kappa shape index (κ3) is 4.20. The summed E-state index contributed by atoms with van der Waals surface area (Å²) in [5.41, 5.74) is 0.723. The normalized spacial score (nSPS) is 10.7. The molecular weight excluding hydrogens is 235 g/mol. The maximum absolute atomic E-state index is 5.84. The summed E-state index contributed by atoms with van der Waals surface area (Å²) in [7, 11) is 2.06. The minimum atomic E-state index is 0.339. The minimum Gasteiger partial charge on any atom is -0.381 e. The average Bonchev–Trinajstić information content (AvgIpc) is 2.23. The van der Waals surface area contributed by atoms with Crippen molar-refractivity contribution in [2.24, 2.45) is 0 Å². The lowest BCUT2D eigenvalue weighted by atomic mass is 10.4. The van der Waals surface area contributed by atoms with E-state index in [0.29, 0.717) is 10.3 Å². The number of halogens is 2. The third-order valence-electron chi connectivity index (χ3n) is 2.07.